The topological polar surface area (TPSA) is 65.7 Å². The Labute approximate surface area is 155 Å². The Bertz CT molecular complexity index is 1220. The molecule has 0 atom stereocenters. The number of hydrogen-bond donors (Lipinski definition) is 0. The molecule has 0 amide bonds. The third-order valence-electron chi connectivity index (χ3n) is 4.35. The van der Waals surface area contributed by atoms with Crippen LogP contribution in [0, 0.1) is 0 Å². The minimum absolute atomic E-state index is 0.343. The van der Waals surface area contributed by atoms with Crippen molar-refractivity contribution in [3.8, 4) is 11.6 Å². The highest BCUT2D eigenvalue weighted by Crippen LogP contribution is 2.30. The summed E-state index contributed by atoms with van der Waals surface area (Å²) in [7, 11) is 0. The van der Waals surface area contributed by atoms with Crippen molar-refractivity contribution in [2.75, 3.05) is 0 Å². The first-order chi connectivity index (χ1) is 13.4. The standard InChI is InChI=1S/C21H15N5O/c1-2-9-16(10-3-1)26-20-19(24-25-26)17-11-4-5-12-18(17)21(23-20)27-14-15-8-6-7-13-22-15/h1-13H,14H2. The molecule has 0 aliphatic rings. The van der Waals surface area contributed by atoms with Gasteiger partial charge in [0.05, 0.1) is 11.4 Å². The second-order valence-electron chi connectivity index (χ2n) is 6.08. The van der Waals surface area contributed by atoms with Crippen LogP contribution < -0.4 is 4.74 Å². The Morgan fingerprint density at radius 3 is 2.41 bits per heavy atom. The molecule has 0 aliphatic carbocycles. The molecule has 2 aromatic carbocycles. The van der Waals surface area contributed by atoms with Crippen LogP contribution in [-0.2, 0) is 6.61 Å². The molecule has 27 heavy (non-hydrogen) atoms. The molecule has 0 unspecified atom stereocenters. The minimum atomic E-state index is 0.343. The number of aromatic nitrogens is 5. The number of pyridine rings is 2. The van der Waals surface area contributed by atoms with E-state index in [2.05, 4.69) is 15.3 Å². The highest BCUT2D eigenvalue weighted by atomic mass is 16.5. The van der Waals surface area contributed by atoms with Crippen molar-refractivity contribution < 1.29 is 4.74 Å². The molecule has 0 saturated heterocycles. The molecule has 0 radical (unpaired) electrons. The lowest BCUT2D eigenvalue weighted by atomic mass is 10.1. The van der Waals surface area contributed by atoms with Gasteiger partial charge < -0.3 is 4.74 Å². The molecular weight excluding hydrogens is 338 g/mol. The normalized spacial score (nSPS) is 11.1. The van der Waals surface area contributed by atoms with Crippen molar-refractivity contribution in [3.63, 3.8) is 0 Å². The van der Waals surface area contributed by atoms with E-state index in [1.807, 2.05) is 72.8 Å². The third-order valence-corrected chi connectivity index (χ3v) is 4.35. The lowest BCUT2D eigenvalue weighted by Gasteiger charge is -2.09. The van der Waals surface area contributed by atoms with E-state index in [4.69, 9.17) is 9.72 Å². The van der Waals surface area contributed by atoms with Crippen LogP contribution in [0.3, 0.4) is 0 Å². The molecule has 0 spiro atoms. The number of fused-ring (bicyclic) bond motifs is 3. The maximum Gasteiger partial charge on any atom is 0.223 e. The molecular formula is C21H15N5O. The van der Waals surface area contributed by atoms with E-state index in [1.165, 1.54) is 0 Å². The van der Waals surface area contributed by atoms with Gasteiger partial charge in [-0.05, 0) is 30.3 Å². The number of hydrogen-bond acceptors (Lipinski definition) is 5. The predicted octanol–water partition coefficient (Wildman–Crippen LogP) is 3.94. The van der Waals surface area contributed by atoms with E-state index in [9.17, 15) is 0 Å². The van der Waals surface area contributed by atoms with Crippen molar-refractivity contribution in [1.82, 2.24) is 25.0 Å². The summed E-state index contributed by atoms with van der Waals surface area (Å²) in [6, 6.07) is 23.5. The first-order valence-electron chi connectivity index (χ1n) is 8.62. The Hall–Kier alpha value is -3.80. The van der Waals surface area contributed by atoms with Gasteiger partial charge in [-0.15, -0.1) is 5.10 Å². The largest absolute Gasteiger partial charge is 0.471 e. The van der Waals surface area contributed by atoms with Crippen LogP contribution in [0.4, 0.5) is 0 Å². The maximum atomic E-state index is 6.03. The molecule has 0 aliphatic heterocycles. The van der Waals surface area contributed by atoms with Gasteiger partial charge in [-0.2, -0.15) is 9.67 Å². The van der Waals surface area contributed by atoms with Crippen LogP contribution in [0.2, 0.25) is 0 Å². The Morgan fingerprint density at radius 2 is 1.59 bits per heavy atom. The van der Waals surface area contributed by atoms with Gasteiger partial charge in [-0.25, -0.2) is 0 Å². The van der Waals surface area contributed by atoms with Gasteiger partial charge in [-0.1, -0.05) is 47.7 Å². The van der Waals surface area contributed by atoms with E-state index >= 15 is 0 Å². The SMILES string of the molecule is c1ccc(-n2nnc3c4ccccc4c(OCc4ccccn4)nc32)cc1. The number of benzene rings is 2. The molecule has 130 valence electrons. The first kappa shape index (κ1) is 15.5. The average Bonchev–Trinajstić information content (AvgIpc) is 3.17. The Morgan fingerprint density at radius 1 is 0.815 bits per heavy atom. The summed E-state index contributed by atoms with van der Waals surface area (Å²) >= 11 is 0. The van der Waals surface area contributed by atoms with Gasteiger partial charge in [0.25, 0.3) is 0 Å². The summed E-state index contributed by atoms with van der Waals surface area (Å²) in [6.07, 6.45) is 1.75. The molecule has 3 aromatic heterocycles. The fourth-order valence-electron chi connectivity index (χ4n) is 3.06. The summed E-state index contributed by atoms with van der Waals surface area (Å²) in [5.41, 5.74) is 3.16. The van der Waals surface area contributed by atoms with Gasteiger partial charge in [0.2, 0.25) is 5.88 Å². The van der Waals surface area contributed by atoms with E-state index in [1.54, 1.807) is 10.9 Å². The second kappa shape index (κ2) is 6.49. The number of para-hydroxylation sites is 1. The van der Waals surface area contributed by atoms with Gasteiger partial charge in [0.15, 0.2) is 5.65 Å². The van der Waals surface area contributed by atoms with E-state index in [0.29, 0.717) is 18.1 Å². The van der Waals surface area contributed by atoms with Crippen LogP contribution >= 0.6 is 0 Å². The van der Waals surface area contributed by atoms with Crippen molar-refractivity contribution in [1.29, 1.82) is 0 Å². The average molecular weight is 353 g/mol. The molecule has 6 heteroatoms. The van der Waals surface area contributed by atoms with Crippen LogP contribution in [-0.4, -0.2) is 25.0 Å². The lowest BCUT2D eigenvalue weighted by Crippen LogP contribution is -2.02. The Balaban J connectivity index is 1.66. The van der Waals surface area contributed by atoms with Crippen LogP contribution in [0.1, 0.15) is 5.69 Å². The van der Waals surface area contributed by atoms with Gasteiger partial charge in [0.1, 0.15) is 12.1 Å². The van der Waals surface area contributed by atoms with Crippen LogP contribution in [0.15, 0.2) is 79.0 Å². The van der Waals surface area contributed by atoms with Crippen molar-refractivity contribution in [2.45, 2.75) is 6.61 Å². The fourth-order valence-corrected chi connectivity index (χ4v) is 3.06. The number of rotatable bonds is 4. The van der Waals surface area contributed by atoms with Crippen molar-refractivity contribution in [3.05, 3.63) is 84.7 Å². The molecule has 3 heterocycles. The summed E-state index contributed by atoms with van der Waals surface area (Å²) < 4.78 is 7.76. The first-order valence-corrected chi connectivity index (χ1v) is 8.62. The Kier molecular flexibility index (Phi) is 3.72. The molecule has 0 saturated carbocycles. The molecule has 5 aromatic rings. The molecule has 0 bridgehead atoms. The number of ether oxygens (including phenoxy) is 1. The van der Waals surface area contributed by atoms with Crippen molar-refractivity contribution >= 4 is 21.9 Å². The minimum Gasteiger partial charge on any atom is -0.471 e. The van der Waals surface area contributed by atoms with Gasteiger partial charge in [0, 0.05) is 17.0 Å². The maximum absolute atomic E-state index is 6.03. The summed E-state index contributed by atoms with van der Waals surface area (Å²) in [5, 5.41) is 10.5. The summed E-state index contributed by atoms with van der Waals surface area (Å²) in [4.78, 5) is 9.05. The van der Waals surface area contributed by atoms with Crippen LogP contribution in [0.25, 0.3) is 27.6 Å². The molecule has 0 fully saturated rings. The number of nitrogens with zero attached hydrogens (tertiary/aromatic N) is 5. The molecule has 5 rings (SSSR count). The lowest BCUT2D eigenvalue weighted by molar-refractivity contribution is 0.294. The highest BCUT2D eigenvalue weighted by Gasteiger charge is 2.16. The van der Waals surface area contributed by atoms with Gasteiger partial charge in [-0.3, -0.25) is 4.98 Å². The predicted molar refractivity (Wildman–Crippen MR) is 103 cm³/mol. The zero-order valence-electron chi connectivity index (χ0n) is 14.4. The quantitative estimate of drug-likeness (QED) is 0.489. The summed E-state index contributed by atoms with van der Waals surface area (Å²) in [5.74, 6) is 0.545. The van der Waals surface area contributed by atoms with E-state index in [0.717, 1.165) is 27.7 Å². The van der Waals surface area contributed by atoms with E-state index < -0.39 is 0 Å². The molecule has 6 nitrogen and oxygen atoms in total. The third kappa shape index (κ3) is 2.77. The highest BCUT2D eigenvalue weighted by molar-refractivity contribution is 6.04. The second-order valence-corrected chi connectivity index (χ2v) is 6.08. The zero-order valence-corrected chi connectivity index (χ0v) is 14.4. The van der Waals surface area contributed by atoms with Crippen LogP contribution in [0.5, 0.6) is 5.88 Å². The zero-order chi connectivity index (χ0) is 18.1. The monoisotopic (exact) mass is 353 g/mol. The fraction of sp³-hybridized carbons (Fsp3) is 0.0476. The molecule has 0 N–H and O–H groups in total. The van der Waals surface area contributed by atoms with E-state index in [-0.39, 0.29) is 0 Å². The smallest absolute Gasteiger partial charge is 0.223 e. The van der Waals surface area contributed by atoms with Crippen molar-refractivity contribution in [2.24, 2.45) is 0 Å². The van der Waals surface area contributed by atoms with Gasteiger partial charge >= 0.3 is 0 Å². The summed E-state index contributed by atoms with van der Waals surface area (Å²) in [6.45, 7) is 0.343.